The van der Waals surface area contributed by atoms with Crippen LogP contribution >= 0.6 is 39.0 Å². The zero-order valence-electron chi connectivity index (χ0n) is 13.1. The smallest absolute Gasteiger partial charge is 0.209 e. The van der Waals surface area contributed by atoms with Gasteiger partial charge < -0.3 is 0 Å². The molecular weight excluding hydrogens is 444 g/mol. The number of tetrazole rings is 1. The fraction of sp³-hybridized carbons (Fsp3) is 0.267. The Morgan fingerprint density at radius 1 is 1.20 bits per heavy atom. The molecule has 0 aliphatic rings. The first-order chi connectivity index (χ1) is 12.0. The molecule has 6 nitrogen and oxygen atoms in total. The summed E-state index contributed by atoms with van der Waals surface area (Å²) in [4.78, 5) is 1.60. The van der Waals surface area contributed by atoms with Crippen molar-refractivity contribution in [2.24, 2.45) is 0 Å². The van der Waals surface area contributed by atoms with E-state index in [1.54, 1.807) is 40.3 Å². The van der Waals surface area contributed by atoms with E-state index < -0.39 is 9.84 Å². The van der Waals surface area contributed by atoms with Crippen molar-refractivity contribution in [1.82, 2.24) is 20.2 Å². The van der Waals surface area contributed by atoms with Crippen LogP contribution in [0, 0.1) is 0 Å². The molecule has 0 atom stereocenters. The molecule has 0 bridgehead atoms. The van der Waals surface area contributed by atoms with Gasteiger partial charge in [0.2, 0.25) is 5.16 Å². The third-order valence-electron chi connectivity index (χ3n) is 3.41. The van der Waals surface area contributed by atoms with E-state index in [9.17, 15) is 8.42 Å². The maximum Gasteiger partial charge on any atom is 0.209 e. The standard InChI is InChI=1S/C15H15BrN4O2S3/c16-12-3-5-14(6-4-12)25(21,22)11-10-24-15-17-18-19-20(15)8-7-13-2-1-9-23-13/h1-6,9H,7-8,10-11H2. The number of hydrogen-bond acceptors (Lipinski definition) is 7. The topological polar surface area (TPSA) is 77.7 Å². The van der Waals surface area contributed by atoms with Gasteiger partial charge in [0.1, 0.15) is 0 Å². The van der Waals surface area contributed by atoms with Crippen molar-refractivity contribution >= 4 is 48.9 Å². The first kappa shape index (κ1) is 18.6. The number of halogens is 1. The van der Waals surface area contributed by atoms with Crippen molar-refractivity contribution in [3.05, 3.63) is 51.1 Å². The second-order valence-electron chi connectivity index (χ2n) is 5.14. The Labute approximate surface area is 162 Å². The Bertz CT molecular complexity index is 909. The molecule has 2 heterocycles. The molecule has 0 spiro atoms. The summed E-state index contributed by atoms with van der Waals surface area (Å²) in [7, 11) is -3.31. The molecule has 0 fully saturated rings. The van der Waals surface area contributed by atoms with Crippen LogP contribution in [0.4, 0.5) is 0 Å². The van der Waals surface area contributed by atoms with Gasteiger partial charge in [0, 0.05) is 21.5 Å². The van der Waals surface area contributed by atoms with Crippen LogP contribution in [-0.2, 0) is 22.8 Å². The van der Waals surface area contributed by atoms with Crippen LogP contribution in [-0.4, -0.2) is 40.1 Å². The number of thioether (sulfide) groups is 1. The Kier molecular flexibility index (Phi) is 6.26. The highest BCUT2D eigenvalue weighted by Gasteiger charge is 2.15. The minimum absolute atomic E-state index is 0.0388. The Morgan fingerprint density at radius 2 is 2.00 bits per heavy atom. The van der Waals surface area contributed by atoms with Gasteiger partial charge in [0.05, 0.1) is 17.2 Å². The minimum Gasteiger partial charge on any atom is -0.224 e. The number of benzene rings is 1. The van der Waals surface area contributed by atoms with Crippen LogP contribution in [0.5, 0.6) is 0 Å². The van der Waals surface area contributed by atoms with Gasteiger partial charge in [-0.25, -0.2) is 13.1 Å². The highest BCUT2D eigenvalue weighted by Crippen LogP contribution is 2.20. The second-order valence-corrected chi connectivity index (χ2v) is 10.3. The van der Waals surface area contributed by atoms with Gasteiger partial charge in [-0.3, -0.25) is 0 Å². The van der Waals surface area contributed by atoms with Crippen molar-refractivity contribution in [3.8, 4) is 0 Å². The van der Waals surface area contributed by atoms with Gasteiger partial charge in [-0.1, -0.05) is 33.8 Å². The molecule has 2 aromatic heterocycles. The van der Waals surface area contributed by atoms with E-state index in [1.807, 2.05) is 11.4 Å². The monoisotopic (exact) mass is 458 g/mol. The number of sulfone groups is 1. The lowest BCUT2D eigenvalue weighted by Gasteiger charge is -2.05. The van der Waals surface area contributed by atoms with Gasteiger partial charge in [0.25, 0.3) is 0 Å². The predicted octanol–water partition coefficient (Wildman–Crippen LogP) is 3.31. The minimum atomic E-state index is -3.31. The lowest BCUT2D eigenvalue weighted by molar-refractivity contribution is 0.551. The quantitative estimate of drug-likeness (QED) is 0.481. The first-order valence-corrected chi connectivity index (χ1v) is 11.8. The molecule has 1 aromatic carbocycles. The summed E-state index contributed by atoms with van der Waals surface area (Å²) in [5.74, 6) is 0.439. The van der Waals surface area contributed by atoms with Crippen molar-refractivity contribution in [3.63, 3.8) is 0 Å². The average molecular weight is 459 g/mol. The largest absolute Gasteiger partial charge is 0.224 e. The number of thiophene rings is 1. The van der Waals surface area contributed by atoms with Crippen molar-refractivity contribution in [1.29, 1.82) is 0 Å². The highest BCUT2D eigenvalue weighted by molar-refractivity contribution is 9.10. The van der Waals surface area contributed by atoms with Crippen LogP contribution in [0.25, 0.3) is 0 Å². The zero-order chi connectivity index (χ0) is 17.7. The average Bonchev–Trinajstić information content (AvgIpc) is 3.24. The van der Waals surface area contributed by atoms with Gasteiger partial charge in [-0.2, -0.15) is 0 Å². The normalized spacial score (nSPS) is 11.7. The molecule has 0 aliphatic heterocycles. The first-order valence-electron chi connectivity index (χ1n) is 7.44. The fourth-order valence-electron chi connectivity index (χ4n) is 2.11. The predicted molar refractivity (Wildman–Crippen MR) is 103 cm³/mol. The molecule has 0 unspecified atom stereocenters. The molecule has 3 rings (SSSR count). The fourth-order valence-corrected chi connectivity index (χ4v) is 5.63. The van der Waals surface area contributed by atoms with Crippen LogP contribution in [0.2, 0.25) is 0 Å². The van der Waals surface area contributed by atoms with Crippen LogP contribution < -0.4 is 0 Å². The van der Waals surface area contributed by atoms with Crippen LogP contribution in [0.1, 0.15) is 4.88 Å². The van der Waals surface area contributed by atoms with E-state index in [-0.39, 0.29) is 5.75 Å². The molecule has 0 radical (unpaired) electrons. The molecule has 10 heteroatoms. The third kappa shape index (κ3) is 5.13. The van der Waals surface area contributed by atoms with E-state index >= 15 is 0 Å². The maximum atomic E-state index is 12.4. The number of aryl methyl sites for hydroxylation is 2. The summed E-state index contributed by atoms with van der Waals surface area (Å²) in [5.41, 5.74) is 0. The van der Waals surface area contributed by atoms with Crippen LogP contribution in [0.3, 0.4) is 0 Å². The van der Waals surface area contributed by atoms with E-state index in [4.69, 9.17) is 0 Å². The number of aromatic nitrogens is 4. The molecule has 132 valence electrons. The second kappa shape index (κ2) is 8.43. The summed E-state index contributed by atoms with van der Waals surface area (Å²) < 4.78 is 27.3. The van der Waals surface area contributed by atoms with Gasteiger partial charge >= 0.3 is 0 Å². The van der Waals surface area contributed by atoms with Gasteiger partial charge in [-0.15, -0.1) is 16.4 Å². The Morgan fingerprint density at radius 3 is 2.72 bits per heavy atom. The van der Waals surface area contributed by atoms with E-state index in [2.05, 4.69) is 37.5 Å². The lowest BCUT2D eigenvalue weighted by atomic mass is 10.3. The van der Waals surface area contributed by atoms with Crippen LogP contribution in [0.15, 0.2) is 56.3 Å². The molecule has 3 aromatic rings. The molecule has 0 saturated heterocycles. The maximum absolute atomic E-state index is 12.4. The zero-order valence-corrected chi connectivity index (χ0v) is 17.1. The Hall–Kier alpha value is -1.23. The van der Waals surface area contributed by atoms with E-state index in [1.165, 1.54) is 16.6 Å². The van der Waals surface area contributed by atoms with Crippen molar-refractivity contribution in [2.75, 3.05) is 11.5 Å². The van der Waals surface area contributed by atoms with Gasteiger partial charge in [0.15, 0.2) is 9.84 Å². The van der Waals surface area contributed by atoms with E-state index in [0.717, 1.165) is 10.9 Å². The van der Waals surface area contributed by atoms with E-state index in [0.29, 0.717) is 22.3 Å². The summed E-state index contributed by atoms with van der Waals surface area (Å²) >= 11 is 6.36. The van der Waals surface area contributed by atoms with Crippen molar-refractivity contribution < 1.29 is 8.42 Å². The molecule has 0 amide bonds. The Balaban J connectivity index is 1.55. The third-order valence-corrected chi connectivity index (χ3v) is 7.82. The SMILES string of the molecule is O=S(=O)(CCSc1nnnn1CCc1cccs1)c1ccc(Br)cc1. The van der Waals surface area contributed by atoms with Crippen molar-refractivity contribution in [2.45, 2.75) is 23.0 Å². The lowest BCUT2D eigenvalue weighted by Crippen LogP contribution is -2.10. The molecule has 25 heavy (non-hydrogen) atoms. The number of hydrogen-bond donors (Lipinski definition) is 0. The summed E-state index contributed by atoms with van der Waals surface area (Å²) in [6.45, 7) is 0.676. The summed E-state index contributed by atoms with van der Waals surface area (Å²) in [6.07, 6.45) is 0.855. The summed E-state index contributed by atoms with van der Waals surface area (Å²) in [6, 6.07) is 10.8. The molecule has 0 aliphatic carbocycles. The highest BCUT2D eigenvalue weighted by atomic mass is 79.9. The van der Waals surface area contributed by atoms with Gasteiger partial charge in [-0.05, 0) is 46.1 Å². The number of nitrogens with zero attached hydrogens (tertiary/aromatic N) is 4. The number of rotatable bonds is 8. The molecular formula is C15H15BrN4O2S3. The molecule has 0 N–H and O–H groups in total. The summed E-state index contributed by atoms with van der Waals surface area (Å²) in [5, 5.41) is 14.3. The molecule has 0 saturated carbocycles.